The Morgan fingerprint density at radius 3 is 2.69 bits per heavy atom. The lowest BCUT2D eigenvalue weighted by Gasteiger charge is -2.10. The van der Waals surface area contributed by atoms with Crippen molar-refractivity contribution in [3.63, 3.8) is 0 Å². The first kappa shape index (κ1) is 21.1. The fraction of sp³-hybridized carbons (Fsp3) is 0.211. The van der Waals surface area contributed by atoms with Gasteiger partial charge >= 0.3 is 0 Å². The predicted octanol–water partition coefficient (Wildman–Crippen LogP) is 1.75. The third-order valence-electron chi connectivity index (χ3n) is 4.42. The van der Waals surface area contributed by atoms with Crippen LogP contribution in [0.3, 0.4) is 0 Å². The fourth-order valence-corrected chi connectivity index (χ4v) is 4.31. The van der Waals surface area contributed by atoms with Gasteiger partial charge in [0.25, 0.3) is 5.56 Å². The van der Waals surface area contributed by atoms with Gasteiger partial charge in [-0.05, 0) is 35.9 Å². The summed E-state index contributed by atoms with van der Waals surface area (Å²) in [5.41, 5.74) is 0.695. The number of benzene rings is 2. The molecule has 4 rings (SSSR count). The predicted molar refractivity (Wildman–Crippen MR) is 111 cm³/mol. The first-order valence-corrected chi connectivity index (χ1v) is 10.2. The number of nitrogens with one attached hydrogen (secondary N) is 3. The Kier molecular flexibility index (Phi) is 6.43. The number of aromatic amines is 1. The molecule has 0 bridgehead atoms. The van der Waals surface area contributed by atoms with E-state index in [-0.39, 0.29) is 36.2 Å². The van der Waals surface area contributed by atoms with Gasteiger partial charge in [-0.1, -0.05) is 12.1 Å². The van der Waals surface area contributed by atoms with Crippen LogP contribution in [0.1, 0.15) is 5.56 Å². The van der Waals surface area contributed by atoms with E-state index in [9.17, 15) is 13.2 Å². The summed E-state index contributed by atoms with van der Waals surface area (Å²) in [4.78, 5) is 14.5. The highest BCUT2D eigenvalue weighted by Gasteiger charge is 2.17. The number of aromatic nitrogens is 1. The van der Waals surface area contributed by atoms with E-state index in [1.807, 2.05) is 18.2 Å². The molecule has 2 aromatic carbocycles. The second kappa shape index (κ2) is 8.83. The standard InChI is InChI=1S/C19H19N3O5S.ClH/c23-19-15-2-1-3-18(14(15)6-7-21-19)28(24,25)22-9-8-20-11-13-4-5-16-17(10-13)27-12-26-16;/h1-7,10,20,22H,8-9,11-12H2,(H,21,23);1H. The summed E-state index contributed by atoms with van der Waals surface area (Å²) in [7, 11) is -3.74. The molecule has 0 atom stereocenters. The van der Waals surface area contributed by atoms with Crippen LogP contribution in [0.2, 0.25) is 0 Å². The van der Waals surface area contributed by atoms with Crippen LogP contribution in [-0.4, -0.2) is 33.3 Å². The molecule has 1 aliphatic rings. The minimum atomic E-state index is -3.74. The van der Waals surface area contributed by atoms with Crippen LogP contribution >= 0.6 is 12.4 Å². The normalized spacial score (nSPS) is 12.7. The average molecular weight is 438 g/mol. The highest BCUT2D eigenvalue weighted by atomic mass is 35.5. The van der Waals surface area contributed by atoms with Crippen molar-refractivity contribution in [2.24, 2.45) is 0 Å². The number of fused-ring (bicyclic) bond motifs is 2. The van der Waals surface area contributed by atoms with Crippen molar-refractivity contribution < 1.29 is 17.9 Å². The molecule has 3 N–H and O–H groups in total. The summed E-state index contributed by atoms with van der Waals surface area (Å²) in [5, 5.41) is 3.92. The molecular weight excluding hydrogens is 418 g/mol. The van der Waals surface area contributed by atoms with Gasteiger partial charge in [0.2, 0.25) is 16.8 Å². The molecule has 3 aromatic rings. The van der Waals surface area contributed by atoms with Gasteiger partial charge < -0.3 is 19.8 Å². The molecule has 0 unspecified atom stereocenters. The van der Waals surface area contributed by atoms with E-state index in [1.165, 1.54) is 12.3 Å². The van der Waals surface area contributed by atoms with Gasteiger partial charge in [0, 0.05) is 36.6 Å². The molecule has 0 saturated carbocycles. The molecule has 2 heterocycles. The lowest BCUT2D eigenvalue weighted by molar-refractivity contribution is 0.174. The first-order valence-electron chi connectivity index (χ1n) is 8.74. The maximum absolute atomic E-state index is 12.6. The molecule has 0 amide bonds. The number of ether oxygens (including phenoxy) is 2. The molecule has 0 radical (unpaired) electrons. The van der Waals surface area contributed by atoms with E-state index >= 15 is 0 Å². The van der Waals surface area contributed by atoms with E-state index in [0.29, 0.717) is 29.6 Å². The van der Waals surface area contributed by atoms with Crippen LogP contribution in [-0.2, 0) is 16.6 Å². The topological polar surface area (TPSA) is 110 Å². The fourth-order valence-electron chi connectivity index (χ4n) is 3.06. The van der Waals surface area contributed by atoms with E-state index in [0.717, 1.165) is 11.3 Å². The lowest BCUT2D eigenvalue weighted by atomic mass is 10.2. The van der Waals surface area contributed by atoms with Gasteiger partial charge in [-0.25, -0.2) is 13.1 Å². The van der Waals surface area contributed by atoms with Crippen LogP contribution in [0.5, 0.6) is 11.5 Å². The molecule has 29 heavy (non-hydrogen) atoms. The monoisotopic (exact) mass is 437 g/mol. The maximum Gasteiger partial charge on any atom is 0.255 e. The Bertz CT molecular complexity index is 1180. The number of sulfonamides is 1. The van der Waals surface area contributed by atoms with Crippen molar-refractivity contribution in [1.29, 1.82) is 0 Å². The molecule has 8 nitrogen and oxygen atoms in total. The molecule has 0 aliphatic carbocycles. The smallest absolute Gasteiger partial charge is 0.255 e. The minimum absolute atomic E-state index is 0. The van der Waals surface area contributed by atoms with Crippen LogP contribution in [0, 0.1) is 0 Å². The molecule has 0 fully saturated rings. The van der Waals surface area contributed by atoms with Gasteiger partial charge in [-0.3, -0.25) is 4.79 Å². The Labute approximate surface area is 173 Å². The number of H-pyrrole nitrogens is 1. The van der Waals surface area contributed by atoms with Gasteiger partial charge in [0.15, 0.2) is 11.5 Å². The third kappa shape index (κ3) is 4.54. The Balaban J connectivity index is 0.00000240. The number of pyridine rings is 1. The van der Waals surface area contributed by atoms with Crippen molar-refractivity contribution in [3.8, 4) is 11.5 Å². The summed E-state index contributed by atoms with van der Waals surface area (Å²) >= 11 is 0. The lowest BCUT2D eigenvalue weighted by Crippen LogP contribution is -2.31. The molecule has 0 saturated heterocycles. The van der Waals surface area contributed by atoms with Gasteiger partial charge in [0.1, 0.15) is 0 Å². The van der Waals surface area contributed by atoms with Crippen LogP contribution in [0.15, 0.2) is 58.4 Å². The third-order valence-corrected chi connectivity index (χ3v) is 5.94. The van der Waals surface area contributed by atoms with E-state index in [1.54, 1.807) is 18.2 Å². The molecule has 0 spiro atoms. The summed E-state index contributed by atoms with van der Waals surface area (Å²) in [6.07, 6.45) is 1.44. The zero-order chi connectivity index (χ0) is 19.6. The van der Waals surface area contributed by atoms with Crippen LogP contribution < -0.4 is 25.1 Å². The summed E-state index contributed by atoms with van der Waals surface area (Å²) < 4.78 is 38.5. The first-order chi connectivity index (χ1) is 13.5. The van der Waals surface area contributed by atoms with Crippen LogP contribution in [0.25, 0.3) is 10.8 Å². The Morgan fingerprint density at radius 1 is 1.00 bits per heavy atom. The zero-order valence-corrected chi connectivity index (χ0v) is 16.9. The van der Waals surface area contributed by atoms with Crippen LogP contribution in [0.4, 0.5) is 0 Å². The van der Waals surface area contributed by atoms with E-state index in [4.69, 9.17) is 9.47 Å². The number of hydrogen-bond acceptors (Lipinski definition) is 6. The van der Waals surface area contributed by atoms with E-state index < -0.39 is 10.0 Å². The van der Waals surface area contributed by atoms with Crippen molar-refractivity contribution in [2.45, 2.75) is 11.4 Å². The quantitative estimate of drug-likeness (QED) is 0.486. The number of rotatable bonds is 7. The minimum Gasteiger partial charge on any atom is -0.454 e. The summed E-state index contributed by atoms with van der Waals surface area (Å²) in [6.45, 7) is 1.46. The second-order valence-corrected chi connectivity index (χ2v) is 8.02. The molecule has 1 aliphatic heterocycles. The zero-order valence-electron chi connectivity index (χ0n) is 15.3. The summed E-state index contributed by atoms with van der Waals surface area (Å²) in [5.74, 6) is 1.44. The average Bonchev–Trinajstić information content (AvgIpc) is 3.15. The molecular formula is C19H20ClN3O5S. The SMILES string of the molecule is Cl.O=c1[nH]ccc2c(S(=O)(=O)NCCNCc3ccc4c(c3)OCO4)cccc12. The van der Waals surface area contributed by atoms with Crippen molar-refractivity contribution in [2.75, 3.05) is 19.9 Å². The number of hydrogen-bond donors (Lipinski definition) is 3. The molecule has 154 valence electrons. The largest absolute Gasteiger partial charge is 0.454 e. The van der Waals surface area contributed by atoms with E-state index in [2.05, 4.69) is 15.0 Å². The highest BCUT2D eigenvalue weighted by Crippen LogP contribution is 2.32. The van der Waals surface area contributed by atoms with Gasteiger partial charge in [0.05, 0.1) is 4.90 Å². The molecule has 10 heteroatoms. The summed E-state index contributed by atoms with van der Waals surface area (Å²) in [6, 6.07) is 11.9. The van der Waals surface area contributed by atoms with Crippen molar-refractivity contribution in [3.05, 3.63) is 64.6 Å². The molecule has 1 aromatic heterocycles. The van der Waals surface area contributed by atoms with Gasteiger partial charge in [-0.2, -0.15) is 0 Å². The highest BCUT2D eigenvalue weighted by molar-refractivity contribution is 7.89. The number of halogens is 1. The maximum atomic E-state index is 12.6. The van der Waals surface area contributed by atoms with Crippen molar-refractivity contribution >= 4 is 33.2 Å². The van der Waals surface area contributed by atoms with Gasteiger partial charge in [-0.15, -0.1) is 12.4 Å². The Hall–Kier alpha value is -2.59. The van der Waals surface area contributed by atoms with Crippen molar-refractivity contribution in [1.82, 2.24) is 15.0 Å². The Morgan fingerprint density at radius 2 is 1.83 bits per heavy atom. The second-order valence-electron chi connectivity index (χ2n) is 6.29.